The van der Waals surface area contributed by atoms with Crippen LogP contribution in [-0.2, 0) is 4.79 Å². The lowest BCUT2D eigenvalue weighted by Crippen LogP contribution is -2.31. The zero-order valence-corrected chi connectivity index (χ0v) is 13.1. The number of amides is 1. The summed E-state index contributed by atoms with van der Waals surface area (Å²) < 4.78 is 5.46. The van der Waals surface area contributed by atoms with Crippen molar-refractivity contribution in [2.75, 3.05) is 6.61 Å². The third-order valence-electron chi connectivity index (χ3n) is 3.95. The van der Waals surface area contributed by atoms with Crippen molar-refractivity contribution in [2.24, 2.45) is 16.9 Å². The summed E-state index contributed by atoms with van der Waals surface area (Å²) in [5.74, 6) is 1.39. The molecular formula is C17H24N2O2. The molecule has 2 rings (SSSR count). The topological polar surface area (TPSA) is 50.7 Å². The molecule has 0 aromatic heterocycles. The zero-order chi connectivity index (χ0) is 15.2. The third kappa shape index (κ3) is 4.59. The van der Waals surface area contributed by atoms with Gasteiger partial charge in [-0.1, -0.05) is 32.4 Å². The van der Waals surface area contributed by atoms with Crippen LogP contribution >= 0.6 is 0 Å². The molecule has 1 fully saturated rings. The lowest BCUT2D eigenvalue weighted by Gasteiger charge is -2.26. The largest absolute Gasteiger partial charge is 0.484 e. The molecule has 0 aliphatic heterocycles. The molecule has 1 aliphatic carbocycles. The van der Waals surface area contributed by atoms with E-state index in [0.29, 0.717) is 17.6 Å². The highest BCUT2D eigenvalue weighted by atomic mass is 16.5. The van der Waals surface area contributed by atoms with Gasteiger partial charge in [-0.2, -0.15) is 5.10 Å². The molecule has 1 aromatic carbocycles. The first-order valence-electron chi connectivity index (χ1n) is 7.62. The average Bonchev–Trinajstić information content (AvgIpc) is 2.45. The molecule has 0 bridgehead atoms. The van der Waals surface area contributed by atoms with E-state index in [0.717, 1.165) is 24.1 Å². The van der Waals surface area contributed by atoms with Crippen LogP contribution in [0.25, 0.3) is 0 Å². The first-order valence-corrected chi connectivity index (χ1v) is 7.62. The van der Waals surface area contributed by atoms with E-state index in [2.05, 4.69) is 24.4 Å². The molecule has 114 valence electrons. The molecule has 0 heterocycles. The predicted molar refractivity (Wildman–Crippen MR) is 84.4 cm³/mol. The summed E-state index contributed by atoms with van der Waals surface area (Å²) in [7, 11) is 0. The summed E-state index contributed by atoms with van der Waals surface area (Å²) >= 11 is 0. The van der Waals surface area contributed by atoms with Crippen LogP contribution in [0.2, 0.25) is 0 Å². The normalized spacial score (nSPS) is 23.9. The Kier molecular flexibility index (Phi) is 5.37. The van der Waals surface area contributed by atoms with E-state index in [-0.39, 0.29) is 12.5 Å². The first kappa shape index (κ1) is 15.5. The van der Waals surface area contributed by atoms with Crippen molar-refractivity contribution in [1.82, 2.24) is 5.43 Å². The maximum absolute atomic E-state index is 11.8. The molecule has 2 atom stereocenters. The Bertz CT molecular complexity index is 513. The van der Waals surface area contributed by atoms with Gasteiger partial charge in [0.2, 0.25) is 0 Å². The van der Waals surface area contributed by atoms with Crippen molar-refractivity contribution < 1.29 is 9.53 Å². The Morgan fingerprint density at radius 1 is 1.33 bits per heavy atom. The van der Waals surface area contributed by atoms with Crippen molar-refractivity contribution in [3.8, 4) is 5.75 Å². The second-order valence-corrected chi connectivity index (χ2v) is 5.91. The second kappa shape index (κ2) is 7.25. The summed E-state index contributed by atoms with van der Waals surface area (Å²) in [5.41, 5.74) is 4.83. The van der Waals surface area contributed by atoms with E-state index >= 15 is 0 Å². The van der Waals surface area contributed by atoms with Crippen LogP contribution in [0, 0.1) is 18.8 Å². The standard InChI is InChI=1S/C17H24N2O2/c1-12-6-4-9-15(10-12)21-11-16(20)18-19-17-13(2)7-5-8-14(17)3/h4,6,9-10,13-14H,5,7-8,11H2,1-3H3,(H,18,20)/t13-,14+. The average molecular weight is 288 g/mol. The molecule has 1 saturated carbocycles. The van der Waals surface area contributed by atoms with Gasteiger partial charge < -0.3 is 4.74 Å². The predicted octanol–water partition coefficient (Wildman–Crippen LogP) is 3.30. The summed E-state index contributed by atoms with van der Waals surface area (Å²) in [5, 5.41) is 4.31. The third-order valence-corrected chi connectivity index (χ3v) is 3.95. The number of carbonyl (C=O) groups excluding carboxylic acids is 1. The van der Waals surface area contributed by atoms with Crippen LogP contribution in [0.15, 0.2) is 29.4 Å². The van der Waals surface area contributed by atoms with Gasteiger partial charge in [-0.15, -0.1) is 0 Å². The van der Waals surface area contributed by atoms with Crippen molar-refractivity contribution in [2.45, 2.75) is 40.0 Å². The number of benzene rings is 1. The number of carbonyl (C=O) groups is 1. The van der Waals surface area contributed by atoms with Crippen molar-refractivity contribution in [3.63, 3.8) is 0 Å². The molecule has 1 amide bonds. The molecule has 1 aliphatic rings. The second-order valence-electron chi connectivity index (χ2n) is 5.91. The van der Waals surface area contributed by atoms with Crippen molar-refractivity contribution in [3.05, 3.63) is 29.8 Å². The molecule has 4 nitrogen and oxygen atoms in total. The van der Waals surface area contributed by atoms with Crippen LogP contribution in [0.1, 0.15) is 38.7 Å². The van der Waals surface area contributed by atoms with Crippen LogP contribution in [-0.4, -0.2) is 18.2 Å². The molecule has 21 heavy (non-hydrogen) atoms. The Morgan fingerprint density at radius 2 is 2.05 bits per heavy atom. The summed E-state index contributed by atoms with van der Waals surface area (Å²) in [6.45, 7) is 6.32. The van der Waals surface area contributed by atoms with E-state index in [1.807, 2.05) is 31.2 Å². The van der Waals surface area contributed by atoms with E-state index < -0.39 is 0 Å². The number of hydrogen-bond donors (Lipinski definition) is 1. The maximum Gasteiger partial charge on any atom is 0.277 e. The van der Waals surface area contributed by atoms with Crippen LogP contribution in [0.3, 0.4) is 0 Å². The van der Waals surface area contributed by atoms with Crippen LogP contribution in [0.4, 0.5) is 0 Å². The molecule has 1 N–H and O–H groups in total. The van der Waals surface area contributed by atoms with E-state index in [9.17, 15) is 4.79 Å². The van der Waals surface area contributed by atoms with Gasteiger partial charge in [0, 0.05) is 5.71 Å². The lowest BCUT2D eigenvalue weighted by molar-refractivity contribution is -0.123. The molecule has 4 heteroatoms. The summed E-state index contributed by atoms with van der Waals surface area (Å²) in [6.07, 6.45) is 3.55. The summed E-state index contributed by atoms with van der Waals surface area (Å²) in [6, 6.07) is 7.65. The first-order chi connectivity index (χ1) is 10.1. The van der Waals surface area contributed by atoms with Gasteiger partial charge in [-0.25, -0.2) is 5.43 Å². The van der Waals surface area contributed by atoms with Gasteiger partial charge in [0.1, 0.15) is 5.75 Å². The molecular weight excluding hydrogens is 264 g/mol. The Balaban J connectivity index is 1.84. The van der Waals surface area contributed by atoms with Crippen LogP contribution < -0.4 is 10.2 Å². The molecule has 0 radical (unpaired) electrons. The maximum atomic E-state index is 11.8. The fraction of sp³-hybridized carbons (Fsp3) is 0.529. The Morgan fingerprint density at radius 3 is 2.71 bits per heavy atom. The Labute approximate surface area is 126 Å². The van der Waals surface area contributed by atoms with Gasteiger partial charge in [-0.05, 0) is 49.3 Å². The highest BCUT2D eigenvalue weighted by Gasteiger charge is 2.23. The molecule has 0 spiro atoms. The van der Waals surface area contributed by atoms with E-state index in [4.69, 9.17) is 4.74 Å². The van der Waals surface area contributed by atoms with Gasteiger partial charge in [0.15, 0.2) is 6.61 Å². The monoisotopic (exact) mass is 288 g/mol. The lowest BCUT2D eigenvalue weighted by atomic mass is 9.81. The number of ether oxygens (including phenoxy) is 1. The number of nitrogens with one attached hydrogen (secondary N) is 1. The van der Waals surface area contributed by atoms with Crippen molar-refractivity contribution in [1.29, 1.82) is 0 Å². The molecule has 0 unspecified atom stereocenters. The fourth-order valence-corrected chi connectivity index (χ4v) is 2.75. The smallest absolute Gasteiger partial charge is 0.277 e. The summed E-state index contributed by atoms with van der Waals surface area (Å²) in [4.78, 5) is 11.8. The molecule has 0 saturated heterocycles. The van der Waals surface area contributed by atoms with Crippen LogP contribution in [0.5, 0.6) is 5.75 Å². The Hall–Kier alpha value is -1.84. The quantitative estimate of drug-likeness (QED) is 0.864. The molecule has 1 aromatic rings. The van der Waals surface area contributed by atoms with Gasteiger partial charge in [0.05, 0.1) is 0 Å². The SMILES string of the molecule is Cc1cccc(OCC(=O)NN=C2[C@H](C)CCC[C@@H]2C)c1. The van der Waals surface area contributed by atoms with Gasteiger partial charge in [-0.3, -0.25) is 4.79 Å². The van der Waals surface area contributed by atoms with E-state index in [1.54, 1.807) is 0 Å². The fourth-order valence-electron chi connectivity index (χ4n) is 2.75. The van der Waals surface area contributed by atoms with Crippen molar-refractivity contribution >= 4 is 11.6 Å². The zero-order valence-electron chi connectivity index (χ0n) is 13.1. The highest BCUT2D eigenvalue weighted by Crippen LogP contribution is 2.25. The number of nitrogens with zero attached hydrogens (tertiary/aromatic N) is 1. The highest BCUT2D eigenvalue weighted by molar-refractivity contribution is 5.90. The number of rotatable bonds is 4. The van der Waals surface area contributed by atoms with E-state index in [1.165, 1.54) is 6.42 Å². The number of hydrazone groups is 1. The number of hydrogen-bond acceptors (Lipinski definition) is 3. The number of aryl methyl sites for hydroxylation is 1. The minimum Gasteiger partial charge on any atom is -0.484 e. The minimum atomic E-state index is -0.214. The van der Waals surface area contributed by atoms with Gasteiger partial charge in [0.25, 0.3) is 5.91 Å². The minimum absolute atomic E-state index is 0.0109. The van der Waals surface area contributed by atoms with Gasteiger partial charge >= 0.3 is 0 Å².